The van der Waals surface area contributed by atoms with E-state index in [9.17, 15) is 9.59 Å². The fourth-order valence-electron chi connectivity index (χ4n) is 2.86. The molecule has 2 amide bonds. The van der Waals surface area contributed by atoms with Crippen LogP contribution in [-0.2, 0) is 21.9 Å². The van der Waals surface area contributed by atoms with Gasteiger partial charge in [-0.3, -0.25) is 9.59 Å². The summed E-state index contributed by atoms with van der Waals surface area (Å²) in [7, 11) is 0. The van der Waals surface area contributed by atoms with Crippen molar-refractivity contribution in [2.45, 2.75) is 51.6 Å². The molecule has 1 N–H and O–H groups in total. The molecule has 2 aromatic rings. The number of thioether (sulfide) groups is 1. The van der Waals surface area contributed by atoms with Crippen molar-refractivity contribution >= 4 is 70.0 Å². The minimum Gasteiger partial charge on any atom is -0.350 e. The van der Waals surface area contributed by atoms with Crippen LogP contribution < -0.4 is 5.32 Å². The Bertz CT molecular complexity index is 979. The number of nitrogens with one attached hydrogen (secondary N) is 1. The van der Waals surface area contributed by atoms with Gasteiger partial charge in [0.15, 0.2) is 0 Å². The van der Waals surface area contributed by atoms with Gasteiger partial charge in [-0.25, -0.2) is 0 Å². The number of carbonyl (C=O) groups excluding carboxylic acids is 2. The second kappa shape index (κ2) is 11.8. The zero-order valence-corrected chi connectivity index (χ0v) is 22.2. The van der Waals surface area contributed by atoms with E-state index in [1.807, 2.05) is 26.8 Å². The fourth-order valence-corrected chi connectivity index (χ4v) is 4.36. The Balaban J connectivity index is 2.13. The average Bonchev–Trinajstić information content (AvgIpc) is 2.69. The van der Waals surface area contributed by atoms with Crippen LogP contribution in [0.3, 0.4) is 0 Å². The quantitative estimate of drug-likeness (QED) is 0.401. The largest absolute Gasteiger partial charge is 0.350 e. The van der Waals surface area contributed by atoms with Crippen molar-refractivity contribution in [3.8, 4) is 0 Å². The summed E-state index contributed by atoms with van der Waals surface area (Å²) >= 11 is 25.6. The number of rotatable bonds is 8. The van der Waals surface area contributed by atoms with Gasteiger partial charge < -0.3 is 10.2 Å². The summed E-state index contributed by atoms with van der Waals surface area (Å²) in [5.41, 5.74) is 1.34. The Morgan fingerprint density at radius 3 is 2.00 bits per heavy atom. The van der Waals surface area contributed by atoms with E-state index in [1.165, 1.54) is 11.8 Å². The lowest BCUT2D eigenvalue weighted by Crippen LogP contribution is -2.52. The zero-order chi connectivity index (χ0) is 24.1. The molecule has 32 heavy (non-hydrogen) atoms. The Morgan fingerprint density at radius 2 is 1.47 bits per heavy atom. The van der Waals surface area contributed by atoms with E-state index in [0.717, 1.165) is 11.1 Å². The van der Waals surface area contributed by atoms with Crippen LogP contribution in [0.25, 0.3) is 0 Å². The van der Waals surface area contributed by atoms with E-state index in [-0.39, 0.29) is 24.1 Å². The van der Waals surface area contributed by atoms with Crippen molar-refractivity contribution < 1.29 is 9.59 Å². The zero-order valence-electron chi connectivity index (χ0n) is 18.3. The molecule has 9 heteroatoms. The van der Waals surface area contributed by atoms with Gasteiger partial charge in [-0.2, -0.15) is 0 Å². The maximum Gasteiger partial charge on any atom is 0.242 e. The van der Waals surface area contributed by atoms with Crippen LogP contribution in [0.2, 0.25) is 20.1 Å². The Labute approximate surface area is 213 Å². The summed E-state index contributed by atoms with van der Waals surface area (Å²) in [5, 5.41) is 4.74. The highest BCUT2D eigenvalue weighted by Gasteiger charge is 2.28. The molecule has 0 saturated heterocycles. The molecular weight excluding hydrogens is 510 g/mol. The highest BCUT2D eigenvalue weighted by Crippen LogP contribution is 2.26. The van der Waals surface area contributed by atoms with Crippen LogP contribution in [0, 0.1) is 0 Å². The first-order valence-corrected chi connectivity index (χ1v) is 12.6. The molecule has 0 aliphatic rings. The van der Waals surface area contributed by atoms with E-state index in [2.05, 4.69) is 5.32 Å². The van der Waals surface area contributed by atoms with Gasteiger partial charge in [0.25, 0.3) is 0 Å². The van der Waals surface area contributed by atoms with Crippen LogP contribution in [0.15, 0.2) is 36.4 Å². The molecule has 1 atom stereocenters. The minimum atomic E-state index is -0.665. The molecule has 0 spiro atoms. The van der Waals surface area contributed by atoms with Gasteiger partial charge in [0.05, 0.1) is 25.8 Å². The SMILES string of the molecule is C[C@H](C(=O)NC(C)(C)C)N(Cc1ccc(Cl)c(Cl)c1)C(=O)CSCc1ccc(Cl)c(Cl)c1. The van der Waals surface area contributed by atoms with Crippen molar-refractivity contribution in [2.24, 2.45) is 0 Å². The number of benzene rings is 2. The topological polar surface area (TPSA) is 49.4 Å². The number of nitrogens with zero attached hydrogens (tertiary/aromatic N) is 1. The Morgan fingerprint density at radius 1 is 0.938 bits per heavy atom. The van der Waals surface area contributed by atoms with Gasteiger partial charge in [-0.15, -0.1) is 11.8 Å². The van der Waals surface area contributed by atoms with Gasteiger partial charge in [-0.1, -0.05) is 58.5 Å². The maximum absolute atomic E-state index is 13.1. The molecule has 0 saturated carbocycles. The van der Waals surface area contributed by atoms with Crippen molar-refractivity contribution in [3.05, 3.63) is 67.6 Å². The van der Waals surface area contributed by atoms with Gasteiger partial charge in [0, 0.05) is 17.8 Å². The van der Waals surface area contributed by atoms with Gasteiger partial charge in [0.2, 0.25) is 11.8 Å². The lowest BCUT2D eigenvalue weighted by molar-refractivity contribution is -0.139. The molecule has 2 aromatic carbocycles. The van der Waals surface area contributed by atoms with Crippen LogP contribution in [-0.4, -0.2) is 34.0 Å². The normalized spacial score (nSPS) is 12.4. The molecule has 0 heterocycles. The molecule has 0 aliphatic heterocycles. The van der Waals surface area contributed by atoms with Crippen molar-refractivity contribution in [1.29, 1.82) is 0 Å². The number of carbonyl (C=O) groups is 2. The summed E-state index contributed by atoms with van der Waals surface area (Å²) in [6.45, 7) is 7.66. The van der Waals surface area contributed by atoms with Crippen molar-refractivity contribution in [3.63, 3.8) is 0 Å². The minimum absolute atomic E-state index is 0.155. The molecule has 0 bridgehead atoms. The van der Waals surface area contributed by atoms with E-state index < -0.39 is 11.6 Å². The summed E-state index contributed by atoms with van der Waals surface area (Å²) in [6, 6.07) is 9.92. The first-order chi connectivity index (χ1) is 14.9. The molecule has 0 unspecified atom stereocenters. The Hall–Kier alpha value is -1.11. The van der Waals surface area contributed by atoms with Crippen molar-refractivity contribution in [1.82, 2.24) is 10.2 Å². The number of hydrogen-bond donors (Lipinski definition) is 1. The predicted octanol–water partition coefficient (Wildman–Crippen LogP) is 6.87. The third-order valence-electron chi connectivity index (χ3n) is 4.48. The third-order valence-corrected chi connectivity index (χ3v) is 6.95. The molecule has 0 aliphatic carbocycles. The number of amides is 2. The highest BCUT2D eigenvalue weighted by molar-refractivity contribution is 7.99. The van der Waals surface area contributed by atoms with Crippen LogP contribution in [0.1, 0.15) is 38.8 Å². The Kier molecular flexibility index (Phi) is 10.0. The second-order valence-corrected chi connectivity index (χ2v) is 11.0. The maximum atomic E-state index is 13.1. The lowest BCUT2D eigenvalue weighted by Gasteiger charge is -2.31. The first-order valence-electron chi connectivity index (χ1n) is 9.94. The lowest BCUT2D eigenvalue weighted by atomic mass is 10.1. The second-order valence-electron chi connectivity index (χ2n) is 8.43. The molecule has 2 rings (SSSR count). The van der Waals surface area contributed by atoms with Crippen LogP contribution >= 0.6 is 58.2 Å². The molecular formula is C23H26Cl4N2O2S. The summed E-state index contributed by atoms with van der Waals surface area (Å²) in [4.78, 5) is 27.5. The molecule has 174 valence electrons. The van der Waals surface area contributed by atoms with Crippen LogP contribution in [0.4, 0.5) is 0 Å². The average molecular weight is 536 g/mol. The van der Waals surface area contributed by atoms with E-state index >= 15 is 0 Å². The van der Waals surface area contributed by atoms with Gasteiger partial charge in [0.1, 0.15) is 6.04 Å². The smallest absolute Gasteiger partial charge is 0.242 e. The summed E-state index contributed by atoms with van der Waals surface area (Å²) < 4.78 is 0. The summed E-state index contributed by atoms with van der Waals surface area (Å²) in [6.07, 6.45) is 0. The molecule has 4 nitrogen and oxygen atoms in total. The molecule has 0 aromatic heterocycles. The summed E-state index contributed by atoms with van der Waals surface area (Å²) in [5.74, 6) is 0.415. The van der Waals surface area contributed by atoms with E-state index in [1.54, 1.807) is 42.2 Å². The standard InChI is InChI=1S/C23H26Cl4N2O2S/c1-14(22(31)28-23(2,3)4)29(11-15-5-7-17(24)19(26)9-15)21(30)13-32-12-16-6-8-18(25)20(27)10-16/h5-10,14H,11-13H2,1-4H3,(H,28,31)/t14-/m1/s1. The fraction of sp³-hybridized carbons (Fsp3) is 0.391. The first kappa shape index (κ1) is 27.1. The van der Waals surface area contributed by atoms with Gasteiger partial charge >= 0.3 is 0 Å². The highest BCUT2D eigenvalue weighted by atomic mass is 35.5. The van der Waals surface area contributed by atoms with E-state index in [4.69, 9.17) is 46.4 Å². The van der Waals surface area contributed by atoms with Gasteiger partial charge in [-0.05, 0) is 63.1 Å². The number of hydrogen-bond acceptors (Lipinski definition) is 3. The van der Waals surface area contributed by atoms with Crippen molar-refractivity contribution in [2.75, 3.05) is 5.75 Å². The third kappa shape index (κ3) is 8.35. The monoisotopic (exact) mass is 534 g/mol. The molecule has 0 radical (unpaired) electrons. The predicted molar refractivity (Wildman–Crippen MR) is 137 cm³/mol. The number of halogens is 4. The van der Waals surface area contributed by atoms with E-state index in [0.29, 0.717) is 25.8 Å². The molecule has 0 fully saturated rings. The van der Waals surface area contributed by atoms with Crippen LogP contribution in [0.5, 0.6) is 0 Å².